The van der Waals surface area contributed by atoms with Crippen molar-refractivity contribution in [1.82, 2.24) is 10.3 Å². The first-order valence-corrected chi connectivity index (χ1v) is 9.41. The Morgan fingerprint density at radius 2 is 2.04 bits per heavy atom. The number of allylic oxidation sites excluding steroid dienone is 2. The molecule has 1 saturated heterocycles. The molecule has 0 spiro atoms. The van der Waals surface area contributed by atoms with Gasteiger partial charge in [0.15, 0.2) is 0 Å². The molecule has 1 aliphatic heterocycles. The summed E-state index contributed by atoms with van der Waals surface area (Å²) in [5.74, 6) is 0. The zero-order chi connectivity index (χ0) is 18.5. The lowest BCUT2D eigenvalue weighted by Gasteiger charge is -2.28. The van der Waals surface area contributed by atoms with Crippen LogP contribution in [0.2, 0.25) is 0 Å². The molecule has 1 fully saturated rings. The molecule has 0 bridgehead atoms. The predicted molar refractivity (Wildman–Crippen MR) is 109 cm³/mol. The van der Waals surface area contributed by atoms with Crippen molar-refractivity contribution in [2.45, 2.75) is 45.3 Å². The number of aromatic nitrogens is 1. The molecular formula is C23H28N2O. The standard InChI is InChI=1S/C23H28N2O/c1-4-5-8-20-17(3)19(23(26)21-9-6-7-14-24-21)15-22(25-20)18-12-10-16(2)11-13-18/h4-5,8,10-13,15,21,23-24,26H,3,6-7,9,14H2,1-2H3/b5-4-,20-8+/t21-,23-/m1/s1. The molecule has 1 aromatic heterocycles. The molecule has 2 aromatic rings. The van der Waals surface area contributed by atoms with Crippen LogP contribution in [0.4, 0.5) is 0 Å². The fraction of sp³-hybridized carbons (Fsp3) is 0.348. The van der Waals surface area contributed by atoms with E-state index in [0.717, 1.165) is 46.8 Å². The van der Waals surface area contributed by atoms with E-state index < -0.39 is 6.10 Å². The third-order valence-corrected chi connectivity index (χ3v) is 5.03. The Bertz CT molecular complexity index is 878. The lowest BCUT2D eigenvalue weighted by atomic mass is 9.93. The number of hydrogen-bond acceptors (Lipinski definition) is 3. The smallest absolute Gasteiger partial charge is 0.0950 e. The average molecular weight is 348 g/mol. The largest absolute Gasteiger partial charge is 0.387 e. The molecule has 26 heavy (non-hydrogen) atoms. The number of aliphatic hydroxyl groups excluding tert-OH is 1. The van der Waals surface area contributed by atoms with Crippen LogP contribution in [0.5, 0.6) is 0 Å². The van der Waals surface area contributed by atoms with Crippen molar-refractivity contribution in [3.8, 4) is 11.3 Å². The molecule has 2 atom stereocenters. The van der Waals surface area contributed by atoms with Gasteiger partial charge in [-0.15, -0.1) is 0 Å². The number of hydrogen-bond donors (Lipinski definition) is 2. The van der Waals surface area contributed by atoms with Gasteiger partial charge in [-0.3, -0.25) is 0 Å². The Labute approximate surface area is 155 Å². The Hall–Kier alpha value is -2.23. The van der Waals surface area contributed by atoms with Gasteiger partial charge in [-0.2, -0.15) is 0 Å². The average Bonchev–Trinajstić information content (AvgIpc) is 2.68. The Kier molecular flexibility index (Phi) is 6.02. The van der Waals surface area contributed by atoms with Gasteiger partial charge in [0.2, 0.25) is 0 Å². The summed E-state index contributed by atoms with van der Waals surface area (Å²) in [4.78, 5) is 4.80. The summed E-state index contributed by atoms with van der Waals surface area (Å²) in [5.41, 5.74) is 4.01. The minimum absolute atomic E-state index is 0.0760. The zero-order valence-corrected chi connectivity index (χ0v) is 15.7. The number of rotatable bonds is 4. The van der Waals surface area contributed by atoms with E-state index in [9.17, 15) is 5.11 Å². The fourth-order valence-corrected chi connectivity index (χ4v) is 3.44. The van der Waals surface area contributed by atoms with Crippen LogP contribution >= 0.6 is 0 Å². The van der Waals surface area contributed by atoms with E-state index in [1.807, 2.05) is 31.2 Å². The van der Waals surface area contributed by atoms with Crippen LogP contribution in [0.3, 0.4) is 0 Å². The van der Waals surface area contributed by atoms with Crippen LogP contribution in [0, 0.1) is 6.92 Å². The maximum absolute atomic E-state index is 11.0. The second-order valence-electron chi connectivity index (χ2n) is 7.02. The summed E-state index contributed by atoms with van der Waals surface area (Å²) < 4.78 is 0. The first-order valence-electron chi connectivity index (χ1n) is 9.41. The highest BCUT2D eigenvalue weighted by atomic mass is 16.3. The molecule has 2 N–H and O–H groups in total. The number of nitrogens with one attached hydrogen (secondary N) is 1. The third-order valence-electron chi connectivity index (χ3n) is 5.03. The summed E-state index contributed by atoms with van der Waals surface area (Å²) in [6.45, 7) is 9.23. The molecule has 3 heteroatoms. The van der Waals surface area contributed by atoms with Crippen LogP contribution in [0.15, 0.2) is 42.5 Å². The SMILES string of the molecule is C=c1c([C@@H](O)[C@H]2CCCCN2)cc(-c2ccc(C)cc2)n/c1=C/C=C\C. The number of piperidine rings is 1. The van der Waals surface area contributed by atoms with Crippen molar-refractivity contribution >= 4 is 12.7 Å². The van der Waals surface area contributed by atoms with Gasteiger partial charge in [-0.1, -0.05) is 55.0 Å². The van der Waals surface area contributed by atoms with Crippen molar-refractivity contribution in [3.63, 3.8) is 0 Å². The molecule has 136 valence electrons. The molecular weight excluding hydrogens is 320 g/mol. The monoisotopic (exact) mass is 348 g/mol. The lowest BCUT2D eigenvalue weighted by molar-refractivity contribution is 0.113. The number of benzene rings is 1. The highest BCUT2D eigenvalue weighted by Crippen LogP contribution is 2.23. The van der Waals surface area contributed by atoms with Gasteiger partial charge in [0.1, 0.15) is 0 Å². The van der Waals surface area contributed by atoms with Crippen LogP contribution in [0.1, 0.15) is 43.4 Å². The van der Waals surface area contributed by atoms with Gasteiger partial charge in [0, 0.05) is 11.6 Å². The van der Waals surface area contributed by atoms with Crippen molar-refractivity contribution in [1.29, 1.82) is 0 Å². The number of aryl methyl sites for hydroxylation is 1. The number of aliphatic hydroxyl groups is 1. The van der Waals surface area contributed by atoms with E-state index in [0.29, 0.717) is 0 Å². The van der Waals surface area contributed by atoms with E-state index in [1.165, 1.54) is 12.0 Å². The Balaban J connectivity index is 2.11. The lowest BCUT2D eigenvalue weighted by Crippen LogP contribution is -2.42. The summed E-state index contributed by atoms with van der Waals surface area (Å²) >= 11 is 0. The minimum atomic E-state index is -0.576. The van der Waals surface area contributed by atoms with Crippen LogP contribution in [-0.4, -0.2) is 22.7 Å². The zero-order valence-electron chi connectivity index (χ0n) is 15.7. The normalized spacial score (nSPS) is 19.8. The first-order chi connectivity index (χ1) is 12.6. The van der Waals surface area contributed by atoms with Gasteiger partial charge >= 0.3 is 0 Å². The van der Waals surface area contributed by atoms with E-state index in [2.05, 4.69) is 43.1 Å². The van der Waals surface area contributed by atoms with Crippen molar-refractivity contribution in [3.05, 3.63) is 64.2 Å². The number of pyridine rings is 1. The van der Waals surface area contributed by atoms with E-state index in [4.69, 9.17) is 4.98 Å². The highest BCUT2D eigenvalue weighted by molar-refractivity contribution is 5.61. The molecule has 2 heterocycles. The van der Waals surface area contributed by atoms with Gasteiger partial charge in [0.05, 0.1) is 17.1 Å². The van der Waals surface area contributed by atoms with Gasteiger partial charge in [-0.05, 0) is 56.2 Å². The minimum Gasteiger partial charge on any atom is -0.387 e. The molecule has 3 rings (SSSR count). The molecule has 0 radical (unpaired) electrons. The predicted octanol–water partition coefficient (Wildman–Crippen LogP) is 3.00. The second kappa shape index (κ2) is 8.43. The topological polar surface area (TPSA) is 45.1 Å². The molecule has 0 amide bonds. The number of nitrogens with zero attached hydrogens (tertiary/aromatic N) is 1. The van der Waals surface area contributed by atoms with Gasteiger partial charge in [-0.25, -0.2) is 4.98 Å². The highest BCUT2D eigenvalue weighted by Gasteiger charge is 2.24. The molecule has 0 aliphatic carbocycles. The summed E-state index contributed by atoms with van der Waals surface area (Å²) in [6.07, 6.45) is 8.62. The van der Waals surface area contributed by atoms with E-state index in [-0.39, 0.29) is 6.04 Å². The first kappa shape index (κ1) is 18.6. The van der Waals surface area contributed by atoms with Gasteiger partial charge in [0.25, 0.3) is 0 Å². The maximum atomic E-state index is 11.0. The molecule has 1 aromatic carbocycles. The summed E-state index contributed by atoms with van der Waals surface area (Å²) in [7, 11) is 0. The quantitative estimate of drug-likeness (QED) is 0.893. The van der Waals surface area contributed by atoms with Gasteiger partial charge < -0.3 is 10.4 Å². The van der Waals surface area contributed by atoms with Crippen LogP contribution in [-0.2, 0) is 0 Å². The van der Waals surface area contributed by atoms with Crippen molar-refractivity contribution in [2.24, 2.45) is 0 Å². The van der Waals surface area contributed by atoms with Crippen LogP contribution in [0.25, 0.3) is 23.9 Å². The summed E-state index contributed by atoms with van der Waals surface area (Å²) in [6, 6.07) is 10.4. The molecule has 0 saturated carbocycles. The molecule has 1 aliphatic rings. The molecule has 3 nitrogen and oxygen atoms in total. The fourth-order valence-electron chi connectivity index (χ4n) is 3.44. The molecule has 0 unspecified atom stereocenters. The second-order valence-corrected chi connectivity index (χ2v) is 7.02. The Morgan fingerprint density at radius 1 is 1.27 bits per heavy atom. The Morgan fingerprint density at radius 3 is 2.69 bits per heavy atom. The van der Waals surface area contributed by atoms with E-state index in [1.54, 1.807) is 0 Å². The summed E-state index contributed by atoms with van der Waals surface area (Å²) in [5, 5.41) is 16.1. The van der Waals surface area contributed by atoms with Crippen LogP contribution < -0.4 is 15.9 Å². The van der Waals surface area contributed by atoms with Crippen molar-refractivity contribution in [2.75, 3.05) is 6.54 Å². The van der Waals surface area contributed by atoms with E-state index >= 15 is 0 Å². The third kappa shape index (κ3) is 4.12. The van der Waals surface area contributed by atoms with Crippen molar-refractivity contribution < 1.29 is 5.11 Å². The maximum Gasteiger partial charge on any atom is 0.0950 e.